The van der Waals surface area contributed by atoms with Crippen molar-refractivity contribution in [3.63, 3.8) is 0 Å². The standard InChI is InChI=1S/C23H16Cl2N6OS/c1-12-8-15(13(2)30(12)19-6-5-16(24)10-18(19)25)9-17-20(26)31-23(28-21(17)32)33-22(29-31)14-4-3-7-27-11-14/h3-11,26H,1-2H3/b17-9-,26-20?. The molecule has 0 saturated heterocycles. The number of rotatable bonds is 3. The number of benzene rings is 1. The van der Waals surface area contributed by atoms with Crippen LogP contribution in [0.3, 0.4) is 0 Å². The Morgan fingerprint density at radius 3 is 2.70 bits per heavy atom. The summed E-state index contributed by atoms with van der Waals surface area (Å²) in [6, 6.07) is 10.9. The van der Waals surface area contributed by atoms with Gasteiger partial charge in [0, 0.05) is 34.4 Å². The number of halogens is 2. The molecule has 10 heteroatoms. The molecule has 5 rings (SSSR count). The van der Waals surface area contributed by atoms with Gasteiger partial charge >= 0.3 is 0 Å². The number of nitrogens with one attached hydrogen (secondary N) is 1. The largest absolute Gasteiger partial charge is 0.316 e. The van der Waals surface area contributed by atoms with Crippen LogP contribution in [0.2, 0.25) is 10.0 Å². The van der Waals surface area contributed by atoms with E-state index < -0.39 is 5.91 Å². The first-order valence-corrected chi connectivity index (χ1v) is 11.5. The van der Waals surface area contributed by atoms with E-state index >= 15 is 0 Å². The molecule has 2 aromatic heterocycles. The molecule has 2 aliphatic heterocycles. The molecule has 0 spiro atoms. The topological polar surface area (TPSA) is 86.7 Å². The number of carbonyl (C=O) groups excluding carboxylic acids is 1. The van der Waals surface area contributed by atoms with Gasteiger partial charge in [-0.1, -0.05) is 23.2 Å². The quantitative estimate of drug-likeness (QED) is 0.489. The van der Waals surface area contributed by atoms with Crippen LogP contribution >= 0.6 is 35.0 Å². The van der Waals surface area contributed by atoms with Crippen molar-refractivity contribution < 1.29 is 4.79 Å². The molecule has 0 atom stereocenters. The van der Waals surface area contributed by atoms with Crippen LogP contribution in [0.4, 0.5) is 0 Å². The third-order valence-corrected chi connectivity index (χ3v) is 6.78. The number of nitrogens with zero attached hydrogens (tertiary/aromatic N) is 5. The fraction of sp³-hybridized carbons (Fsp3) is 0.0870. The van der Waals surface area contributed by atoms with Gasteiger partial charge in [-0.3, -0.25) is 15.2 Å². The maximum absolute atomic E-state index is 12.8. The molecule has 0 saturated carbocycles. The monoisotopic (exact) mass is 494 g/mol. The lowest BCUT2D eigenvalue weighted by Gasteiger charge is -2.20. The van der Waals surface area contributed by atoms with Gasteiger partial charge in [0.25, 0.3) is 5.91 Å². The lowest BCUT2D eigenvalue weighted by molar-refractivity contribution is -0.114. The van der Waals surface area contributed by atoms with Crippen molar-refractivity contribution in [2.24, 2.45) is 10.1 Å². The zero-order chi connectivity index (χ0) is 23.3. The van der Waals surface area contributed by atoms with Crippen LogP contribution in [0.1, 0.15) is 22.5 Å². The number of hydrogen-bond donors (Lipinski definition) is 1. The summed E-state index contributed by atoms with van der Waals surface area (Å²) >= 11 is 13.7. The third-order valence-electron chi connectivity index (χ3n) is 5.28. The van der Waals surface area contributed by atoms with Gasteiger partial charge in [0.1, 0.15) is 5.04 Å². The fourth-order valence-electron chi connectivity index (χ4n) is 3.72. The van der Waals surface area contributed by atoms with Crippen LogP contribution in [-0.4, -0.2) is 36.5 Å². The Morgan fingerprint density at radius 1 is 1.15 bits per heavy atom. The molecule has 3 aromatic rings. The molecule has 0 aliphatic carbocycles. The number of aryl methyl sites for hydroxylation is 1. The summed E-state index contributed by atoms with van der Waals surface area (Å²) in [6.45, 7) is 3.88. The van der Waals surface area contributed by atoms with E-state index in [4.69, 9.17) is 28.6 Å². The first kappa shape index (κ1) is 21.6. The second kappa shape index (κ2) is 8.30. The lowest BCUT2D eigenvalue weighted by atomic mass is 10.1. The zero-order valence-corrected chi connectivity index (χ0v) is 19.8. The van der Waals surface area contributed by atoms with Crippen LogP contribution in [0, 0.1) is 19.3 Å². The summed E-state index contributed by atoms with van der Waals surface area (Å²) in [6.07, 6.45) is 5.04. The van der Waals surface area contributed by atoms with Crippen LogP contribution in [0.15, 0.2) is 64.5 Å². The molecule has 33 heavy (non-hydrogen) atoms. The van der Waals surface area contributed by atoms with Gasteiger partial charge in [-0.15, -0.1) is 0 Å². The number of aliphatic imine (C=N–C) groups is 1. The van der Waals surface area contributed by atoms with Crippen molar-refractivity contribution in [1.29, 1.82) is 5.41 Å². The van der Waals surface area contributed by atoms with Crippen molar-refractivity contribution in [1.82, 2.24) is 14.6 Å². The molecule has 1 N–H and O–H groups in total. The average molecular weight is 495 g/mol. The summed E-state index contributed by atoms with van der Waals surface area (Å²) in [7, 11) is 0. The Hall–Kier alpha value is -3.20. The number of hydrogen-bond acceptors (Lipinski definition) is 5. The van der Waals surface area contributed by atoms with E-state index in [1.807, 2.05) is 42.7 Å². The highest BCUT2D eigenvalue weighted by molar-refractivity contribution is 8.27. The summed E-state index contributed by atoms with van der Waals surface area (Å²) in [5.41, 5.74) is 4.33. The minimum atomic E-state index is -0.476. The average Bonchev–Trinajstić information content (AvgIpc) is 3.33. The minimum Gasteiger partial charge on any atom is -0.316 e. The Balaban J connectivity index is 1.53. The van der Waals surface area contributed by atoms with Gasteiger partial charge in [-0.05, 0) is 73.6 Å². The number of carbonyl (C=O) groups is 1. The molecule has 0 unspecified atom stereocenters. The first-order chi connectivity index (χ1) is 15.8. The number of amidine groups is 2. The molecule has 164 valence electrons. The van der Waals surface area contributed by atoms with Gasteiger partial charge in [0.05, 0.1) is 16.3 Å². The lowest BCUT2D eigenvalue weighted by Crippen LogP contribution is -2.35. The Morgan fingerprint density at radius 2 is 1.97 bits per heavy atom. The second-order valence-electron chi connectivity index (χ2n) is 7.42. The van der Waals surface area contributed by atoms with Crippen molar-refractivity contribution >= 4 is 63.0 Å². The van der Waals surface area contributed by atoms with E-state index in [0.717, 1.165) is 28.2 Å². The predicted molar refractivity (Wildman–Crippen MR) is 134 cm³/mol. The van der Waals surface area contributed by atoms with E-state index in [2.05, 4.69) is 15.1 Å². The summed E-state index contributed by atoms with van der Waals surface area (Å²) in [4.78, 5) is 21.1. The fourth-order valence-corrected chi connectivity index (χ4v) is 5.09. The number of amides is 1. The van der Waals surface area contributed by atoms with Crippen LogP contribution < -0.4 is 0 Å². The van der Waals surface area contributed by atoms with E-state index in [0.29, 0.717) is 20.3 Å². The van der Waals surface area contributed by atoms with E-state index in [-0.39, 0.29) is 11.4 Å². The number of pyridine rings is 1. The van der Waals surface area contributed by atoms with Gasteiger partial charge in [0.2, 0.25) is 5.17 Å². The third kappa shape index (κ3) is 3.80. The second-order valence-corrected chi connectivity index (χ2v) is 9.22. The van der Waals surface area contributed by atoms with Crippen LogP contribution in [0.5, 0.6) is 0 Å². The van der Waals surface area contributed by atoms with Gasteiger partial charge in [-0.25, -0.2) is 0 Å². The van der Waals surface area contributed by atoms with Crippen molar-refractivity contribution in [2.45, 2.75) is 13.8 Å². The van der Waals surface area contributed by atoms with Gasteiger partial charge < -0.3 is 4.57 Å². The number of fused-ring (bicyclic) bond motifs is 1. The molecule has 0 bridgehead atoms. The highest BCUT2D eigenvalue weighted by Gasteiger charge is 2.36. The molecule has 2 aliphatic rings. The normalized spacial score (nSPS) is 16.8. The Kier molecular flexibility index (Phi) is 5.44. The predicted octanol–water partition coefficient (Wildman–Crippen LogP) is 5.46. The van der Waals surface area contributed by atoms with Crippen molar-refractivity contribution in [3.05, 3.63) is 86.9 Å². The SMILES string of the molecule is Cc1cc(/C=C2/C(=N)N3N=C(c4cccnc4)SC3=NC2=O)c(C)n1-c1ccc(Cl)cc1Cl. The summed E-state index contributed by atoms with van der Waals surface area (Å²) in [5, 5.41) is 16.6. The first-order valence-electron chi connectivity index (χ1n) is 9.88. The molecule has 0 fully saturated rings. The highest BCUT2D eigenvalue weighted by Crippen LogP contribution is 2.33. The Labute approximate surface area is 203 Å². The number of thioether (sulfide) groups is 1. The molecule has 1 amide bonds. The maximum atomic E-state index is 12.8. The molecular formula is C23H16Cl2N6OS. The smallest absolute Gasteiger partial charge is 0.283 e. The highest BCUT2D eigenvalue weighted by atomic mass is 35.5. The van der Waals surface area contributed by atoms with Crippen LogP contribution in [0.25, 0.3) is 11.8 Å². The Bertz CT molecular complexity index is 1420. The van der Waals surface area contributed by atoms with Gasteiger partial charge in [0.15, 0.2) is 5.84 Å². The number of hydrazone groups is 1. The van der Waals surface area contributed by atoms with E-state index in [9.17, 15) is 4.79 Å². The maximum Gasteiger partial charge on any atom is 0.283 e. The molecule has 0 radical (unpaired) electrons. The zero-order valence-electron chi connectivity index (χ0n) is 17.5. The number of aromatic nitrogens is 2. The van der Waals surface area contributed by atoms with Crippen LogP contribution in [-0.2, 0) is 4.79 Å². The van der Waals surface area contributed by atoms with E-state index in [1.54, 1.807) is 30.6 Å². The van der Waals surface area contributed by atoms with Crippen molar-refractivity contribution in [2.75, 3.05) is 0 Å². The molecular weight excluding hydrogens is 479 g/mol. The molecule has 7 nitrogen and oxygen atoms in total. The van der Waals surface area contributed by atoms with Crippen molar-refractivity contribution in [3.8, 4) is 5.69 Å². The molecule has 1 aromatic carbocycles. The summed E-state index contributed by atoms with van der Waals surface area (Å²) < 4.78 is 1.99. The van der Waals surface area contributed by atoms with Gasteiger partial charge in [-0.2, -0.15) is 15.1 Å². The minimum absolute atomic E-state index is 0.0225. The van der Waals surface area contributed by atoms with E-state index in [1.165, 1.54) is 16.8 Å². The molecule has 4 heterocycles. The summed E-state index contributed by atoms with van der Waals surface area (Å²) in [5.74, 6) is -0.499.